The molecule has 7 heteroatoms. The van der Waals surface area contributed by atoms with Gasteiger partial charge in [0.25, 0.3) is 0 Å². The highest BCUT2D eigenvalue weighted by atomic mass is 32.1. The van der Waals surface area contributed by atoms with Crippen LogP contribution in [0.25, 0.3) is 0 Å². The van der Waals surface area contributed by atoms with Crippen molar-refractivity contribution in [2.75, 3.05) is 33.9 Å². The van der Waals surface area contributed by atoms with Gasteiger partial charge in [-0.25, -0.2) is 4.99 Å². The molecule has 0 saturated heterocycles. The van der Waals surface area contributed by atoms with E-state index in [9.17, 15) is 0 Å². The fraction of sp³-hybridized carbons (Fsp3) is 0.421. The molecule has 0 spiro atoms. The Morgan fingerprint density at radius 2 is 2.12 bits per heavy atom. The number of aliphatic hydroxyl groups excluding tert-OH is 1. The van der Waals surface area contributed by atoms with Crippen molar-refractivity contribution in [3.63, 3.8) is 0 Å². The number of nitrogens with zero attached hydrogens (tertiary/aromatic N) is 2. The molecule has 26 heavy (non-hydrogen) atoms. The first-order valence-corrected chi connectivity index (χ1v) is 9.53. The lowest BCUT2D eigenvalue weighted by atomic mass is 10.2. The molecule has 1 aromatic heterocycles. The van der Waals surface area contributed by atoms with E-state index >= 15 is 0 Å². The first kappa shape index (κ1) is 20.1. The van der Waals surface area contributed by atoms with Gasteiger partial charge in [0.15, 0.2) is 17.5 Å². The van der Waals surface area contributed by atoms with Crippen LogP contribution in [-0.2, 0) is 13.1 Å². The summed E-state index contributed by atoms with van der Waals surface area (Å²) >= 11 is 1.70. The Bertz CT molecular complexity index is 689. The lowest BCUT2D eigenvalue weighted by Crippen LogP contribution is -2.38. The molecule has 2 aromatic rings. The lowest BCUT2D eigenvalue weighted by Gasteiger charge is -2.21. The molecule has 2 N–H and O–H groups in total. The lowest BCUT2D eigenvalue weighted by molar-refractivity contribution is 0.196. The van der Waals surface area contributed by atoms with Crippen molar-refractivity contribution < 1.29 is 14.6 Å². The normalized spacial score (nSPS) is 11.3. The summed E-state index contributed by atoms with van der Waals surface area (Å²) in [5.74, 6) is 2.12. The molecule has 6 nitrogen and oxygen atoms in total. The van der Waals surface area contributed by atoms with E-state index < -0.39 is 0 Å². The average molecular weight is 378 g/mol. The fourth-order valence-electron chi connectivity index (χ4n) is 2.45. The van der Waals surface area contributed by atoms with Crippen molar-refractivity contribution in [3.8, 4) is 11.5 Å². The molecule has 1 heterocycles. The summed E-state index contributed by atoms with van der Waals surface area (Å²) in [6.07, 6.45) is 0. The first-order valence-electron chi connectivity index (χ1n) is 8.59. The summed E-state index contributed by atoms with van der Waals surface area (Å²) in [7, 11) is 3.64. The summed E-state index contributed by atoms with van der Waals surface area (Å²) in [5.41, 5.74) is 2.30. The van der Waals surface area contributed by atoms with E-state index in [1.165, 1.54) is 5.56 Å². The molecule has 0 unspecified atom stereocenters. The van der Waals surface area contributed by atoms with Crippen molar-refractivity contribution in [2.45, 2.75) is 20.0 Å². The predicted octanol–water partition coefficient (Wildman–Crippen LogP) is 2.73. The smallest absolute Gasteiger partial charge is 0.194 e. The van der Waals surface area contributed by atoms with Crippen LogP contribution in [0.15, 0.2) is 40.0 Å². The molecule has 142 valence electrons. The summed E-state index contributed by atoms with van der Waals surface area (Å²) in [5, 5.41) is 16.5. The molecule has 0 saturated carbocycles. The molecule has 1 aromatic carbocycles. The molecule has 0 bridgehead atoms. The van der Waals surface area contributed by atoms with E-state index in [1.54, 1.807) is 18.4 Å². The Labute approximate surface area is 159 Å². The number of ether oxygens (including phenoxy) is 2. The van der Waals surface area contributed by atoms with Gasteiger partial charge in [-0.05, 0) is 47.0 Å². The van der Waals surface area contributed by atoms with E-state index in [-0.39, 0.29) is 13.2 Å². The maximum Gasteiger partial charge on any atom is 0.194 e. The maximum atomic E-state index is 8.89. The molecule has 2 rings (SSSR count). The van der Waals surface area contributed by atoms with Gasteiger partial charge < -0.3 is 24.8 Å². The van der Waals surface area contributed by atoms with Crippen LogP contribution in [0.1, 0.15) is 18.1 Å². The Morgan fingerprint density at radius 1 is 1.27 bits per heavy atom. The largest absolute Gasteiger partial charge is 0.493 e. The van der Waals surface area contributed by atoms with Crippen LogP contribution in [0, 0.1) is 0 Å². The number of aliphatic hydroxyl groups is 1. The Kier molecular flexibility index (Phi) is 8.24. The molecule has 0 atom stereocenters. The van der Waals surface area contributed by atoms with Gasteiger partial charge in [0, 0.05) is 20.1 Å². The van der Waals surface area contributed by atoms with Gasteiger partial charge in [-0.15, -0.1) is 0 Å². The molecule has 0 amide bonds. The summed E-state index contributed by atoms with van der Waals surface area (Å²) in [6, 6.07) is 7.85. The zero-order valence-corrected chi connectivity index (χ0v) is 16.4. The fourth-order valence-corrected chi connectivity index (χ4v) is 3.11. The number of benzene rings is 1. The monoisotopic (exact) mass is 377 g/mol. The van der Waals surface area contributed by atoms with Crippen molar-refractivity contribution in [1.29, 1.82) is 0 Å². The van der Waals surface area contributed by atoms with E-state index in [4.69, 9.17) is 19.6 Å². The van der Waals surface area contributed by atoms with Crippen LogP contribution in [0.2, 0.25) is 0 Å². The van der Waals surface area contributed by atoms with Crippen LogP contribution in [-0.4, -0.2) is 49.9 Å². The van der Waals surface area contributed by atoms with Gasteiger partial charge in [-0.2, -0.15) is 11.3 Å². The molecule has 0 aliphatic carbocycles. The summed E-state index contributed by atoms with van der Waals surface area (Å²) in [6.45, 7) is 4.43. The molecular formula is C19H27N3O3S. The second-order valence-corrected chi connectivity index (χ2v) is 6.50. The Balaban J connectivity index is 2.07. The molecule has 0 aliphatic heterocycles. The van der Waals surface area contributed by atoms with Gasteiger partial charge in [-0.3, -0.25) is 0 Å². The van der Waals surface area contributed by atoms with Gasteiger partial charge >= 0.3 is 0 Å². The standard InChI is InChI=1S/C19H27N3O3S/c1-4-20-19(22(2)13-16-7-10-26-14-16)21-12-15-5-6-17(25-9-8-23)18(11-15)24-3/h5-7,10-11,14,23H,4,8-9,12-13H2,1-3H3,(H,20,21). The van der Waals surface area contributed by atoms with Crippen LogP contribution in [0.3, 0.4) is 0 Å². The molecular weight excluding hydrogens is 350 g/mol. The van der Waals surface area contributed by atoms with Gasteiger partial charge in [-0.1, -0.05) is 6.07 Å². The quantitative estimate of drug-likeness (QED) is 0.520. The SMILES string of the molecule is CCNC(=NCc1ccc(OCCO)c(OC)c1)N(C)Cc1ccsc1. The number of hydrogen-bond donors (Lipinski definition) is 2. The van der Waals surface area contributed by atoms with E-state index in [0.29, 0.717) is 18.0 Å². The van der Waals surface area contributed by atoms with Crippen molar-refractivity contribution in [3.05, 3.63) is 46.2 Å². The zero-order valence-electron chi connectivity index (χ0n) is 15.6. The number of rotatable bonds is 9. The Hall–Kier alpha value is -2.25. The third-order valence-corrected chi connectivity index (χ3v) is 4.42. The predicted molar refractivity (Wildman–Crippen MR) is 106 cm³/mol. The molecule has 0 aliphatic rings. The second kappa shape index (κ2) is 10.7. The van der Waals surface area contributed by atoms with Gasteiger partial charge in [0.1, 0.15) is 6.61 Å². The highest BCUT2D eigenvalue weighted by molar-refractivity contribution is 7.07. The van der Waals surface area contributed by atoms with Crippen LogP contribution in [0.5, 0.6) is 11.5 Å². The van der Waals surface area contributed by atoms with Gasteiger partial charge in [0.05, 0.1) is 20.3 Å². The minimum atomic E-state index is -0.0300. The second-order valence-electron chi connectivity index (χ2n) is 5.72. The number of thiophene rings is 1. The van der Waals surface area contributed by atoms with Crippen LogP contribution < -0.4 is 14.8 Å². The summed E-state index contributed by atoms with van der Waals surface area (Å²) in [4.78, 5) is 6.84. The van der Waals surface area contributed by atoms with Gasteiger partial charge in [0.2, 0.25) is 0 Å². The van der Waals surface area contributed by atoms with Crippen LogP contribution >= 0.6 is 11.3 Å². The van der Waals surface area contributed by atoms with Crippen molar-refractivity contribution in [1.82, 2.24) is 10.2 Å². The van der Waals surface area contributed by atoms with Crippen molar-refractivity contribution >= 4 is 17.3 Å². The molecule has 0 radical (unpaired) electrons. The number of aliphatic imine (C=N–C) groups is 1. The highest BCUT2D eigenvalue weighted by Gasteiger charge is 2.09. The molecule has 0 fully saturated rings. The van der Waals surface area contributed by atoms with E-state index in [1.807, 2.05) is 25.2 Å². The van der Waals surface area contributed by atoms with E-state index in [0.717, 1.165) is 24.6 Å². The Morgan fingerprint density at radius 3 is 2.77 bits per heavy atom. The third kappa shape index (κ3) is 5.93. The van der Waals surface area contributed by atoms with Crippen LogP contribution in [0.4, 0.5) is 0 Å². The highest BCUT2D eigenvalue weighted by Crippen LogP contribution is 2.28. The minimum absolute atomic E-state index is 0.0300. The summed E-state index contributed by atoms with van der Waals surface area (Å²) < 4.78 is 10.8. The van der Waals surface area contributed by atoms with E-state index in [2.05, 4.69) is 34.0 Å². The number of guanidine groups is 1. The number of methoxy groups -OCH3 is 1. The third-order valence-electron chi connectivity index (χ3n) is 3.68. The maximum absolute atomic E-state index is 8.89. The zero-order chi connectivity index (χ0) is 18.8. The number of nitrogens with one attached hydrogen (secondary N) is 1. The first-order chi connectivity index (χ1) is 12.7. The minimum Gasteiger partial charge on any atom is -0.493 e. The van der Waals surface area contributed by atoms with Crippen molar-refractivity contribution in [2.24, 2.45) is 4.99 Å². The topological polar surface area (TPSA) is 66.3 Å². The average Bonchev–Trinajstić information content (AvgIpc) is 3.16. The number of hydrogen-bond acceptors (Lipinski definition) is 5.